The molecular formula is C36H43N3O5. The van der Waals surface area contributed by atoms with Crippen molar-refractivity contribution in [3.63, 3.8) is 0 Å². The van der Waals surface area contributed by atoms with Crippen LogP contribution >= 0.6 is 0 Å². The number of phenols is 1. The Bertz CT molecular complexity index is 1600. The van der Waals surface area contributed by atoms with Crippen LogP contribution in [-0.2, 0) is 17.8 Å². The van der Waals surface area contributed by atoms with Gasteiger partial charge < -0.3 is 21.1 Å². The molecule has 6 rings (SSSR count). The van der Waals surface area contributed by atoms with Crippen molar-refractivity contribution in [2.24, 2.45) is 23.5 Å². The zero-order chi connectivity index (χ0) is 31.4. The molecule has 4 aliphatic rings. The Morgan fingerprint density at radius 1 is 1.02 bits per heavy atom. The summed E-state index contributed by atoms with van der Waals surface area (Å²) in [5.41, 5.74) is 10.0. The summed E-state index contributed by atoms with van der Waals surface area (Å²) in [6, 6.07) is 11.9. The molecule has 4 aliphatic carbocycles. The van der Waals surface area contributed by atoms with Gasteiger partial charge in [0.15, 0.2) is 5.78 Å². The van der Waals surface area contributed by atoms with E-state index < -0.39 is 23.7 Å². The molecule has 44 heavy (non-hydrogen) atoms. The highest BCUT2D eigenvalue weighted by molar-refractivity contribution is 6.14. The molecule has 0 spiro atoms. The fraction of sp³-hybridized carbons (Fsp3) is 0.444. The Morgan fingerprint density at radius 2 is 1.75 bits per heavy atom. The van der Waals surface area contributed by atoms with E-state index in [1.54, 1.807) is 20.2 Å². The Balaban J connectivity index is 1.39. The summed E-state index contributed by atoms with van der Waals surface area (Å²) in [5, 5.41) is 33.8. The van der Waals surface area contributed by atoms with E-state index in [-0.39, 0.29) is 51.4 Å². The van der Waals surface area contributed by atoms with E-state index in [9.17, 15) is 24.9 Å². The van der Waals surface area contributed by atoms with Crippen LogP contribution in [0.25, 0.3) is 11.1 Å². The molecule has 0 saturated heterocycles. The number of likely N-dealkylation sites (N-methyl/N-ethyl adjacent to an activating group) is 1. The summed E-state index contributed by atoms with van der Waals surface area (Å²) < 4.78 is 0. The summed E-state index contributed by atoms with van der Waals surface area (Å²) in [6.07, 6.45) is 7.27. The fourth-order valence-electron chi connectivity index (χ4n) is 8.49. The van der Waals surface area contributed by atoms with Crippen LogP contribution in [0.3, 0.4) is 0 Å². The molecule has 2 aromatic carbocycles. The first-order valence-corrected chi connectivity index (χ1v) is 15.7. The van der Waals surface area contributed by atoms with E-state index in [4.69, 9.17) is 5.73 Å². The third kappa shape index (κ3) is 4.94. The molecule has 0 heterocycles. The van der Waals surface area contributed by atoms with Gasteiger partial charge in [-0.15, -0.1) is 0 Å². The first kappa shape index (κ1) is 30.2. The Labute approximate surface area is 259 Å². The summed E-state index contributed by atoms with van der Waals surface area (Å²) in [4.78, 5) is 30.7. The lowest BCUT2D eigenvalue weighted by Gasteiger charge is -2.47. The van der Waals surface area contributed by atoms with Crippen molar-refractivity contribution in [2.75, 3.05) is 21.1 Å². The minimum atomic E-state index is -0.826. The fourth-order valence-corrected chi connectivity index (χ4v) is 8.49. The van der Waals surface area contributed by atoms with Crippen molar-refractivity contribution in [1.29, 1.82) is 0 Å². The van der Waals surface area contributed by atoms with Gasteiger partial charge in [-0.25, -0.2) is 0 Å². The zero-order valence-electron chi connectivity index (χ0n) is 25.8. The highest BCUT2D eigenvalue weighted by Crippen LogP contribution is 2.53. The number of ketones is 1. The third-order valence-electron chi connectivity index (χ3n) is 10.5. The first-order valence-electron chi connectivity index (χ1n) is 15.7. The van der Waals surface area contributed by atoms with E-state index in [0.717, 1.165) is 23.2 Å². The highest BCUT2D eigenvalue weighted by Gasteiger charge is 2.52. The number of rotatable bonds is 6. The summed E-state index contributed by atoms with van der Waals surface area (Å²) in [7, 11) is 5.80. The van der Waals surface area contributed by atoms with Crippen molar-refractivity contribution in [1.82, 2.24) is 9.80 Å². The SMILES string of the molecule is C=C1C(C(N)=O)=C(O)[C@@H](N(C)C)C2CC3Cc4c(-c5cccc(CN(C)C6CCCCC6)c5)ccc(O)c4C(=O)C3=C(O)C12. The predicted molar refractivity (Wildman–Crippen MR) is 170 cm³/mol. The molecule has 2 aromatic rings. The smallest absolute Gasteiger partial charge is 0.252 e. The number of benzene rings is 2. The maximum atomic E-state index is 14.2. The number of aliphatic hydroxyl groups is 2. The van der Waals surface area contributed by atoms with Gasteiger partial charge in [-0.05, 0) is 98.6 Å². The van der Waals surface area contributed by atoms with Gasteiger partial charge in [-0.1, -0.05) is 50.1 Å². The number of carbonyl (C=O) groups is 2. The maximum absolute atomic E-state index is 14.2. The number of amides is 1. The molecule has 0 aromatic heterocycles. The minimum absolute atomic E-state index is 0.0987. The van der Waals surface area contributed by atoms with E-state index in [0.29, 0.717) is 18.9 Å². The lowest BCUT2D eigenvalue weighted by molar-refractivity contribution is -0.114. The van der Waals surface area contributed by atoms with Gasteiger partial charge >= 0.3 is 0 Å². The Morgan fingerprint density at radius 3 is 2.43 bits per heavy atom. The molecule has 0 aliphatic heterocycles. The van der Waals surface area contributed by atoms with E-state index in [1.165, 1.54) is 37.7 Å². The van der Waals surface area contributed by atoms with Crippen LogP contribution in [0.15, 0.2) is 71.2 Å². The number of nitrogens with zero attached hydrogens (tertiary/aromatic N) is 2. The lowest BCUT2D eigenvalue weighted by atomic mass is 9.60. The van der Waals surface area contributed by atoms with Gasteiger partial charge in [0.2, 0.25) is 0 Å². The largest absolute Gasteiger partial charge is 0.511 e. The Hall–Kier alpha value is -3.88. The highest BCUT2D eigenvalue weighted by atomic mass is 16.3. The second kappa shape index (κ2) is 11.6. The minimum Gasteiger partial charge on any atom is -0.511 e. The van der Waals surface area contributed by atoms with Crippen LogP contribution in [0.2, 0.25) is 0 Å². The average molecular weight is 598 g/mol. The van der Waals surface area contributed by atoms with Gasteiger partial charge in [-0.3, -0.25) is 19.4 Å². The molecule has 8 heteroatoms. The number of hydrogen-bond acceptors (Lipinski definition) is 7. The number of carbonyl (C=O) groups excluding carboxylic acids is 2. The van der Waals surface area contributed by atoms with Gasteiger partial charge in [-0.2, -0.15) is 0 Å². The summed E-state index contributed by atoms with van der Waals surface area (Å²) in [5.74, 6) is -3.07. The van der Waals surface area contributed by atoms with Gasteiger partial charge in [0, 0.05) is 24.1 Å². The monoisotopic (exact) mass is 597 g/mol. The van der Waals surface area contributed by atoms with Gasteiger partial charge in [0.1, 0.15) is 17.3 Å². The van der Waals surface area contributed by atoms with E-state index >= 15 is 0 Å². The number of aliphatic hydroxyl groups excluding tert-OH is 2. The zero-order valence-corrected chi connectivity index (χ0v) is 25.8. The third-order valence-corrected chi connectivity index (χ3v) is 10.5. The molecule has 0 radical (unpaired) electrons. The standard InChI is InChI=1S/C36H43N3O5/c1-19-28-26(32(38(2)3)35(43)29(19)36(37)44)17-22-16-25-24(13-14-27(40)31(25)34(42)30(22)33(28)41)21-10-8-9-20(15-21)18-39(4)23-11-6-5-7-12-23/h8-10,13-15,22-23,26,28,32,40-41,43H,1,5-7,11-12,16-18H2,2-4H3,(H2,37,44)/t22?,26?,28?,32-/m0/s1. The Kier molecular flexibility index (Phi) is 7.92. The second-order valence-electron chi connectivity index (χ2n) is 13.4. The van der Waals surface area contributed by atoms with Crippen molar-refractivity contribution in [3.05, 3.63) is 87.9 Å². The number of fused-ring (bicyclic) bond motifs is 3. The number of Topliss-reactive ketones (excluding diaryl/α,β-unsaturated/α-hetero) is 1. The van der Waals surface area contributed by atoms with Crippen LogP contribution in [0, 0.1) is 17.8 Å². The van der Waals surface area contributed by atoms with Crippen LogP contribution in [0.5, 0.6) is 5.75 Å². The number of phenolic OH excluding ortho intramolecular Hbond substituents is 1. The van der Waals surface area contributed by atoms with Crippen LogP contribution in [0.4, 0.5) is 0 Å². The summed E-state index contributed by atoms with van der Waals surface area (Å²) >= 11 is 0. The maximum Gasteiger partial charge on any atom is 0.252 e. The molecule has 8 nitrogen and oxygen atoms in total. The molecule has 1 amide bonds. The van der Waals surface area contributed by atoms with Crippen molar-refractivity contribution >= 4 is 11.7 Å². The van der Waals surface area contributed by atoms with E-state index in [2.05, 4.69) is 30.7 Å². The van der Waals surface area contributed by atoms with Gasteiger partial charge in [0.05, 0.1) is 17.2 Å². The van der Waals surface area contributed by atoms with Crippen molar-refractivity contribution in [2.45, 2.75) is 63.6 Å². The molecule has 5 N–H and O–H groups in total. The molecule has 1 fully saturated rings. The predicted octanol–water partition coefficient (Wildman–Crippen LogP) is 5.42. The molecule has 3 unspecified atom stereocenters. The second-order valence-corrected chi connectivity index (χ2v) is 13.4. The molecular weight excluding hydrogens is 554 g/mol. The first-order chi connectivity index (χ1) is 21.0. The number of nitrogens with two attached hydrogens (primary N) is 1. The van der Waals surface area contributed by atoms with Gasteiger partial charge in [0.25, 0.3) is 5.91 Å². The quantitative estimate of drug-likeness (QED) is 0.350. The van der Waals surface area contributed by atoms with Crippen molar-refractivity contribution in [3.8, 4) is 16.9 Å². The van der Waals surface area contributed by atoms with Crippen LogP contribution in [0.1, 0.15) is 60.0 Å². The molecule has 0 bridgehead atoms. The number of aromatic hydroxyl groups is 1. The number of allylic oxidation sites excluding steroid dienone is 2. The lowest BCUT2D eigenvalue weighted by Crippen LogP contribution is -2.50. The summed E-state index contributed by atoms with van der Waals surface area (Å²) in [6.45, 7) is 4.87. The molecule has 1 saturated carbocycles. The number of primary amides is 1. The van der Waals surface area contributed by atoms with Crippen LogP contribution < -0.4 is 5.73 Å². The topological polar surface area (TPSA) is 127 Å². The number of hydrogen-bond donors (Lipinski definition) is 4. The van der Waals surface area contributed by atoms with Crippen molar-refractivity contribution < 1.29 is 24.9 Å². The molecule has 4 atom stereocenters. The van der Waals surface area contributed by atoms with Crippen LogP contribution in [-0.4, -0.2) is 70.0 Å². The van der Waals surface area contributed by atoms with E-state index in [1.807, 2.05) is 23.1 Å². The average Bonchev–Trinajstić information content (AvgIpc) is 2.97. The molecule has 232 valence electrons. The normalized spacial score (nSPS) is 25.8.